The van der Waals surface area contributed by atoms with E-state index < -0.39 is 0 Å². The van der Waals surface area contributed by atoms with Gasteiger partial charge in [0.1, 0.15) is 11.2 Å². The molecule has 0 bridgehead atoms. The van der Waals surface area contributed by atoms with Crippen molar-refractivity contribution in [3.8, 4) is 44.5 Å². The zero-order valence-corrected chi connectivity index (χ0v) is 31.9. The normalized spacial score (nSPS) is 12.9. The average molecular weight is 730 g/mol. The van der Waals surface area contributed by atoms with E-state index >= 15 is 0 Å². The largest absolute Gasteiger partial charge is 0.455 e. The first-order chi connectivity index (χ1) is 28.0. The Kier molecular flexibility index (Phi) is 7.55. The third kappa shape index (κ3) is 5.33. The molecule has 270 valence electrons. The SMILES string of the molecule is CC1(C)c2ccccc2-c2ccc(N(c3ccc(-c4cccc5c4oc4ccccc45)cc3)c3ccccc3-c3cccc(-c4cccc5ccccc45)c3)cc21. The van der Waals surface area contributed by atoms with Crippen LogP contribution < -0.4 is 4.90 Å². The number of furan rings is 1. The van der Waals surface area contributed by atoms with E-state index in [0.29, 0.717) is 0 Å². The van der Waals surface area contributed by atoms with Crippen molar-refractivity contribution in [3.63, 3.8) is 0 Å². The lowest BCUT2D eigenvalue weighted by atomic mass is 9.82. The van der Waals surface area contributed by atoms with E-state index in [2.05, 4.69) is 207 Å². The average Bonchev–Trinajstić information content (AvgIpc) is 3.76. The van der Waals surface area contributed by atoms with Crippen LogP contribution in [0.5, 0.6) is 0 Å². The molecule has 1 aliphatic rings. The molecule has 0 saturated carbocycles. The van der Waals surface area contributed by atoms with Crippen molar-refractivity contribution in [2.24, 2.45) is 0 Å². The molecule has 10 aromatic rings. The van der Waals surface area contributed by atoms with Gasteiger partial charge in [0.2, 0.25) is 0 Å². The minimum absolute atomic E-state index is 0.130. The van der Waals surface area contributed by atoms with Crippen molar-refractivity contribution in [1.29, 1.82) is 0 Å². The number of hydrogen-bond donors (Lipinski definition) is 0. The molecule has 1 aromatic heterocycles. The van der Waals surface area contributed by atoms with E-state index in [0.717, 1.165) is 50.1 Å². The van der Waals surface area contributed by atoms with Crippen molar-refractivity contribution in [3.05, 3.63) is 211 Å². The second-order valence-corrected chi connectivity index (χ2v) is 15.7. The summed E-state index contributed by atoms with van der Waals surface area (Å²) in [4.78, 5) is 2.44. The van der Waals surface area contributed by atoms with Crippen LogP contribution in [0, 0.1) is 0 Å². The monoisotopic (exact) mass is 729 g/mol. The van der Waals surface area contributed by atoms with Crippen LogP contribution in [0.4, 0.5) is 17.1 Å². The van der Waals surface area contributed by atoms with Crippen LogP contribution in [-0.4, -0.2) is 0 Å². The highest BCUT2D eigenvalue weighted by molar-refractivity contribution is 6.09. The van der Waals surface area contributed by atoms with Gasteiger partial charge in [-0.1, -0.05) is 172 Å². The predicted octanol–water partition coefficient (Wildman–Crippen LogP) is 15.5. The van der Waals surface area contributed by atoms with E-state index in [1.165, 1.54) is 55.3 Å². The van der Waals surface area contributed by atoms with Crippen LogP contribution in [-0.2, 0) is 5.41 Å². The Balaban J connectivity index is 1.08. The number of para-hydroxylation sites is 3. The van der Waals surface area contributed by atoms with Crippen LogP contribution in [0.3, 0.4) is 0 Å². The Morgan fingerprint density at radius 1 is 0.386 bits per heavy atom. The Morgan fingerprint density at radius 3 is 1.86 bits per heavy atom. The molecule has 2 nitrogen and oxygen atoms in total. The minimum atomic E-state index is -0.130. The van der Waals surface area contributed by atoms with Gasteiger partial charge in [0.25, 0.3) is 0 Å². The second-order valence-electron chi connectivity index (χ2n) is 15.7. The van der Waals surface area contributed by atoms with E-state index in [9.17, 15) is 0 Å². The molecule has 11 rings (SSSR count). The maximum atomic E-state index is 6.46. The minimum Gasteiger partial charge on any atom is -0.455 e. The van der Waals surface area contributed by atoms with Crippen molar-refractivity contribution < 1.29 is 4.42 Å². The van der Waals surface area contributed by atoms with Crippen LogP contribution in [0.1, 0.15) is 25.0 Å². The predicted molar refractivity (Wildman–Crippen MR) is 240 cm³/mol. The topological polar surface area (TPSA) is 16.4 Å². The molecule has 1 heterocycles. The van der Waals surface area contributed by atoms with Crippen LogP contribution in [0.25, 0.3) is 77.2 Å². The molecular formula is C55H39NO. The van der Waals surface area contributed by atoms with Gasteiger partial charge in [-0.05, 0) is 97.7 Å². The number of rotatable bonds is 6. The van der Waals surface area contributed by atoms with Gasteiger partial charge >= 0.3 is 0 Å². The first-order valence-electron chi connectivity index (χ1n) is 19.8. The zero-order chi connectivity index (χ0) is 38.1. The summed E-state index contributed by atoms with van der Waals surface area (Å²) in [7, 11) is 0. The third-order valence-electron chi connectivity index (χ3n) is 12.1. The highest BCUT2D eigenvalue weighted by Crippen LogP contribution is 2.51. The van der Waals surface area contributed by atoms with Crippen LogP contribution in [0.2, 0.25) is 0 Å². The van der Waals surface area contributed by atoms with Gasteiger partial charge in [-0.25, -0.2) is 0 Å². The number of hydrogen-bond acceptors (Lipinski definition) is 2. The molecule has 9 aromatic carbocycles. The molecule has 0 fully saturated rings. The van der Waals surface area contributed by atoms with E-state index in [1.807, 2.05) is 12.1 Å². The van der Waals surface area contributed by atoms with E-state index in [4.69, 9.17) is 4.42 Å². The quantitative estimate of drug-likeness (QED) is 0.169. The van der Waals surface area contributed by atoms with Crippen molar-refractivity contribution >= 4 is 49.8 Å². The van der Waals surface area contributed by atoms with Crippen molar-refractivity contribution in [1.82, 2.24) is 0 Å². The molecule has 0 N–H and O–H groups in total. The molecule has 0 saturated heterocycles. The second kappa shape index (κ2) is 13.0. The summed E-state index contributed by atoms with van der Waals surface area (Å²) in [6.07, 6.45) is 0. The Bertz CT molecular complexity index is 3160. The zero-order valence-electron chi connectivity index (χ0n) is 31.9. The molecule has 0 aliphatic heterocycles. The fourth-order valence-electron chi connectivity index (χ4n) is 9.27. The van der Waals surface area contributed by atoms with E-state index in [-0.39, 0.29) is 5.41 Å². The van der Waals surface area contributed by atoms with E-state index in [1.54, 1.807) is 0 Å². The number of nitrogens with zero attached hydrogens (tertiary/aromatic N) is 1. The third-order valence-corrected chi connectivity index (χ3v) is 12.1. The molecule has 2 heteroatoms. The van der Waals surface area contributed by atoms with Crippen molar-refractivity contribution in [2.75, 3.05) is 4.90 Å². The Morgan fingerprint density at radius 2 is 0.982 bits per heavy atom. The summed E-state index contributed by atoms with van der Waals surface area (Å²) < 4.78 is 6.46. The number of fused-ring (bicyclic) bond motifs is 7. The maximum absolute atomic E-state index is 6.46. The highest BCUT2D eigenvalue weighted by Gasteiger charge is 2.36. The lowest BCUT2D eigenvalue weighted by Crippen LogP contribution is -2.16. The van der Waals surface area contributed by atoms with Crippen LogP contribution in [0.15, 0.2) is 205 Å². The molecule has 0 radical (unpaired) electrons. The molecule has 0 atom stereocenters. The Labute approximate surface area is 332 Å². The van der Waals surface area contributed by atoms with Crippen LogP contribution >= 0.6 is 0 Å². The number of benzene rings is 9. The fraction of sp³-hybridized carbons (Fsp3) is 0.0545. The first-order valence-corrected chi connectivity index (χ1v) is 19.8. The molecule has 0 amide bonds. The lowest BCUT2D eigenvalue weighted by Gasteiger charge is -2.30. The van der Waals surface area contributed by atoms with Gasteiger partial charge in [0.05, 0.1) is 5.69 Å². The van der Waals surface area contributed by atoms with Gasteiger partial charge < -0.3 is 9.32 Å². The number of anilines is 3. The molecule has 0 spiro atoms. The standard InChI is InChI=1S/C55H39NO/c1-55(2)50-25-8-5-20-46(50)47-33-32-41(35-51(47)55)56(40-30-28-37(29-31-40)45-23-13-24-49-48-21-7-10-27-53(48)57-54(45)49)52-26-9-6-19-44(52)39-17-11-16-38(34-39)43-22-12-15-36-14-3-4-18-42(36)43/h3-35H,1-2H3. The summed E-state index contributed by atoms with van der Waals surface area (Å²) in [5.41, 5.74) is 17.3. The highest BCUT2D eigenvalue weighted by atomic mass is 16.3. The Hall–Kier alpha value is -7.16. The first kappa shape index (κ1) is 33.2. The maximum Gasteiger partial charge on any atom is 0.143 e. The fourth-order valence-corrected chi connectivity index (χ4v) is 9.27. The molecule has 1 aliphatic carbocycles. The summed E-state index contributed by atoms with van der Waals surface area (Å²) in [6, 6.07) is 72.7. The lowest BCUT2D eigenvalue weighted by molar-refractivity contribution is 0.660. The summed E-state index contributed by atoms with van der Waals surface area (Å²) in [5.74, 6) is 0. The van der Waals surface area contributed by atoms with Gasteiger partial charge in [0, 0.05) is 38.7 Å². The van der Waals surface area contributed by atoms with Gasteiger partial charge in [-0.2, -0.15) is 0 Å². The van der Waals surface area contributed by atoms with Gasteiger partial charge in [-0.15, -0.1) is 0 Å². The molecular weight excluding hydrogens is 691 g/mol. The smallest absolute Gasteiger partial charge is 0.143 e. The summed E-state index contributed by atoms with van der Waals surface area (Å²) in [6.45, 7) is 4.71. The summed E-state index contributed by atoms with van der Waals surface area (Å²) >= 11 is 0. The molecule has 57 heavy (non-hydrogen) atoms. The summed E-state index contributed by atoms with van der Waals surface area (Å²) in [5, 5.41) is 4.77. The molecule has 0 unspecified atom stereocenters. The van der Waals surface area contributed by atoms with Gasteiger partial charge in [-0.3, -0.25) is 0 Å². The van der Waals surface area contributed by atoms with Gasteiger partial charge in [0.15, 0.2) is 0 Å². The van der Waals surface area contributed by atoms with Crippen molar-refractivity contribution in [2.45, 2.75) is 19.3 Å².